The van der Waals surface area contributed by atoms with Crippen LogP contribution in [-0.4, -0.2) is 16.9 Å². The summed E-state index contributed by atoms with van der Waals surface area (Å²) in [5, 5.41) is -0.181. The van der Waals surface area contributed by atoms with Crippen LogP contribution in [0.3, 0.4) is 0 Å². The molecule has 0 N–H and O–H groups in total. The molecule has 0 unspecified atom stereocenters. The van der Waals surface area contributed by atoms with E-state index in [1.165, 1.54) is 0 Å². The number of rotatable bonds is 0. The SMILES string of the molecule is O=C1C(=O)[C@@H]2CC[C@@H]1C2Cl. The highest BCUT2D eigenvalue weighted by atomic mass is 35.5. The molecule has 2 bridgehead atoms. The molecule has 2 saturated carbocycles. The lowest BCUT2D eigenvalue weighted by atomic mass is 9.98. The van der Waals surface area contributed by atoms with E-state index in [0.29, 0.717) is 0 Å². The van der Waals surface area contributed by atoms with Crippen molar-refractivity contribution in [1.29, 1.82) is 0 Å². The van der Waals surface area contributed by atoms with Crippen LogP contribution in [0.25, 0.3) is 0 Å². The van der Waals surface area contributed by atoms with Crippen LogP contribution in [-0.2, 0) is 9.59 Å². The Labute approximate surface area is 63.5 Å². The molecule has 0 heterocycles. The molecule has 0 amide bonds. The second-order valence-corrected chi connectivity index (χ2v) is 3.47. The average molecular weight is 159 g/mol. The summed E-state index contributed by atoms with van der Waals surface area (Å²) in [6.07, 6.45) is 1.65. The Morgan fingerprint density at radius 2 is 1.50 bits per heavy atom. The van der Waals surface area contributed by atoms with E-state index in [9.17, 15) is 9.59 Å². The first kappa shape index (κ1) is 6.35. The van der Waals surface area contributed by atoms with Crippen molar-refractivity contribution in [2.75, 3.05) is 0 Å². The van der Waals surface area contributed by atoms with Crippen LogP contribution in [0, 0.1) is 11.8 Å². The molecule has 0 saturated heterocycles. The van der Waals surface area contributed by atoms with Crippen molar-refractivity contribution in [2.24, 2.45) is 11.8 Å². The van der Waals surface area contributed by atoms with E-state index < -0.39 is 0 Å². The molecule has 0 aliphatic heterocycles. The van der Waals surface area contributed by atoms with Gasteiger partial charge in [0.1, 0.15) is 0 Å². The molecule has 2 aliphatic carbocycles. The highest BCUT2D eigenvalue weighted by molar-refractivity contribution is 6.46. The zero-order valence-electron chi connectivity index (χ0n) is 5.34. The Kier molecular flexibility index (Phi) is 1.15. The Morgan fingerprint density at radius 1 is 1.10 bits per heavy atom. The van der Waals surface area contributed by atoms with Crippen molar-refractivity contribution in [1.82, 2.24) is 0 Å². The predicted octanol–water partition coefficient (Wildman–Crippen LogP) is 0.772. The third-order valence-corrected chi connectivity index (χ3v) is 3.08. The Morgan fingerprint density at radius 3 is 1.70 bits per heavy atom. The minimum absolute atomic E-state index is 0.140. The van der Waals surface area contributed by atoms with Crippen LogP contribution < -0.4 is 0 Å². The largest absolute Gasteiger partial charge is 0.291 e. The molecule has 0 spiro atoms. The zero-order chi connectivity index (χ0) is 7.30. The zero-order valence-corrected chi connectivity index (χ0v) is 6.10. The van der Waals surface area contributed by atoms with E-state index in [0.717, 1.165) is 12.8 Å². The maximum atomic E-state index is 10.9. The Hall–Kier alpha value is -0.370. The molecule has 0 radical (unpaired) electrons. The summed E-state index contributed by atoms with van der Waals surface area (Å²) in [7, 11) is 0. The van der Waals surface area contributed by atoms with Crippen LogP contribution in [0.4, 0.5) is 0 Å². The quantitative estimate of drug-likeness (QED) is 0.386. The molecule has 0 aromatic heterocycles. The fraction of sp³-hybridized carbons (Fsp3) is 0.714. The maximum absolute atomic E-state index is 10.9. The molecule has 3 heteroatoms. The van der Waals surface area contributed by atoms with Crippen molar-refractivity contribution < 1.29 is 9.59 Å². The van der Waals surface area contributed by atoms with E-state index in [-0.39, 0.29) is 28.8 Å². The van der Waals surface area contributed by atoms with Crippen LogP contribution in [0.5, 0.6) is 0 Å². The van der Waals surface area contributed by atoms with Crippen molar-refractivity contribution in [3.05, 3.63) is 0 Å². The van der Waals surface area contributed by atoms with E-state index >= 15 is 0 Å². The molecule has 2 aliphatic rings. The van der Waals surface area contributed by atoms with Crippen molar-refractivity contribution in [2.45, 2.75) is 18.2 Å². The fourth-order valence-corrected chi connectivity index (χ4v) is 2.36. The summed E-state index contributed by atoms with van der Waals surface area (Å²) >= 11 is 5.82. The van der Waals surface area contributed by atoms with Gasteiger partial charge in [0.15, 0.2) is 0 Å². The molecule has 0 aromatic carbocycles. The number of halogens is 1. The number of fused-ring (bicyclic) bond motifs is 2. The summed E-state index contributed by atoms with van der Waals surface area (Å²) in [4.78, 5) is 21.9. The number of carbonyl (C=O) groups excluding carboxylic acids is 2. The van der Waals surface area contributed by atoms with Crippen molar-refractivity contribution in [3.8, 4) is 0 Å². The molecule has 10 heavy (non-hydrogen) atoms. The second-order valence-electron chi connectivity index (χ2n) is 2.96. The highest BCUT2D eigenvalue weighted by Crippen LogP contribution is 2.43. The third kappa shape index (κ3) is 0.553. The molecular weight excluding hydrogens is 152 g/mol. The number of ketones is 2. The Balaban J connectivity index is 2.38. The van der Waals surface area contributed by atoms with Crippen LogP contribution in [0.1, 0.15) is 12.8 Å². The van der Waals surface area contributed by atoms with Gasteiger partial charge in [0.2, 0.25) is 11.6 Å². The van der Waals surface area contributed by atoms with E-state index in [1.54, 1.807) is 0 Å². The first-order chi connectivity index (χ1) is 4.72. The van der Waals surface area contributed by atoms with E-state index in [1.807, 2.05) is 0 Å². The van der Waals surface area contributed by atoms with Gasteiger partial charge in [0, 0.05) is 11.8 Å². The number of hydrogen-bond acceptors (Lipinski definition) is 2. The number of alkyl halides is 1. The smallest absolute Gasteiger partial charge is 0.203 e. The lowest BCUT2D eigenvalue weighted by Gasteiger charge is -2.03. The van der Waals surface area contributed by atoms with Crippen LogP contribution >= 0.6 is 11.6 Å². The molecular formula is C7H7ClO2. The maximum Gasteiger partial charge on any atom is 0.203 e. The van der Waals surface area contributed by atoms with Gasteiger partial charge in [-0.1, -0.05) is 0 Å². The lowest BCUT2D eigenvalue weighted by molar-refractivity contribution is -0.138. The Bertz CT molecular complexity index is 190. The van der Waals surface area contributed by atoms with E-state index in [4.69, 9.17) is 11.6 Å². The van der Waals surface area contributed by atoms with Gasteiger partial charge in [0.25, 0.3) is 0 Å². The minimum Gasteiger partial charge on any atom is -0.291 e. The van der Waals surface area contributed by atoms with Crippen LogP contribution in [0.15, 0.2) is 0 Å². The molecule has 2 rings (SSSR count). The summed E-state index contributed by atoms with van der Waals surface area (Å²) in [6, 6.07) is 0. The summed E-state index contributed by atoms with van der Waals surface area (Å²) in [6.45, 7) is 0. The van der Waals surface area contributed by atoms with E-state index in [2.05, 4.69) is 0 Å². The first-order valence-corrected chi connectivity index (χ1v) is 3.87. The fourth-order valence-electron chi connectivity index (χ4n) is 1.87. The summed E-state index contributed by atoms with van der Waals surface area (Å²) < 4.78 is 0. The lowest BCUT2D eigenvalue weighted by Crippen LogP contribution is -2.20. The van der Waals surface area contributed by atoms with Gasteiger partial charge in [-0.15, -0.1) is 11.6 Å². The average Bonchev–Trinajstić information content (AvgIpc) is 2.34. The second kappa shape index (κ2) is 1.82. The predicted molar refractivity (Wildman–Crippen MR) is 35.9 cm³/mol. The van der Waals surface area contributed by atoms with Crippen molar-refractivity contribution >= 4 is 23.2 Å². The minimum atomic E-state index is -0.226. The van der Waals surface area contributed by atoms with Crippen molar-refractivity contribution in [3.63, 3.8) is 0 Å². The molecule has 2 nitrogen and oxygen atoms in total. The summed E-state index contributed by atoms with van der Waals surface area (Å²) in [5.41, 5.74) is 0. The van der Waals surface area contributed by atoms with Gasteiger partial charge in [-0.05, 0) is 12.8 Å². The number of carbonyl (C=O) groups is 2. The molecule has 2 atom stereocenters. The number of Topliss-reactive ketones (excluding diaryl/α,β-unsaturated/α-hetero) is 2. The monoisotopic (exact) mass is 158 g/mol. The number of hydrogen-bond donors (Lipinski definition) is 0. The van der Waals surface area contributed by atoms with Gasteiger partial charge in [-0.25, -0.2) is 0 Å². The third-order valence-electron chi connectivity index (χ3n) is 2.47. The van der Waals surface area contributed by atoms with Gasteiger partial charge >= 0.3 is 0 Å². The first-order valence-electron chi connectivity index (χ1n) is 3.44. The van der Waals surface area contributed by atoms with Gasteiger partial charge in [-0.2, -0.15) is 0 Å². The standard InChI is InChI=1S/C7H7ClO2/c8-5-3-1-2-4(5)7(10)6(3)9/h3-5H,1-2H2/t3-,4-/m1/s1. The molecule has 54 valence electrons. The molecule has 2 fully saturated rings. The summed E-state index contributed by atoms with van der Waals surface area (Å²) in [5.74, 6) is -0.731. The van der Waals surface area contributed by atoms with Crippen LogP contribution in [0.2, 0.25) is 0 Å². The normalized spacial score (nSPS) is 45.1. The molecule has 0 aromatic rings. The van der Waals surface area contributed by atoms with Gasteiger partial charge in [-0.3, -0.25) is 9.59 Å². The van der Waals surface area contributed by atoms with Gasteiger partial charge in [0.05, 0.1) is 5.38 Å². The topological polar surface area (TPSA) is 34.1 Å². The van der Waals surface area contributed by atoms with Gasteiger partial charge < -0.3 is 0 Å². The highest BCUT2D eigenvalue weighted by Gasteiger charge is 2.52.